The highest BCUT2D eigenvalue weighted by Crippen LogP contribution is 2.20. The Bertz CT molecular complexity index is 1240. The number of nitrogens with one attached hydrogen (secondary N) is 1. The van der Waals surface area contributed by atoms with E-state index in [-0.39, 0.29) is 12.5 Å². The van der Waals surface area contributed by atoms with Gasteiger partial charge in [0.1, 0.15) is 23.9 Å². The maximum Gasteiger partial charge on any atom is 0.262 e. The summed E-state index contributed by atoms with van der Waals surface area (Å²) < 4.78 is 16.5. The van der Waals surface area contributed by atoms with Gasteiger partial charge in [0.2, 0.25) is 0 Å². The third-order valence-electron chi connectivity index (χ3n) is 5.07. The number of nitrogens with zero attached hydrogens (tertiary/aromatic N) is 1. The summed E-state index contributed by atoms with van der Waals surface area (Å²) in [5, 5.41) is 2.78. The Labute approximate surface area is 204 Å². The van der Waals surface area contributed by atoms with Gasteiger partial charge in [-0.3, -0.25) is 9.79 Å². The number of rotatable bonds is 10. The molecule has 1 N–H and O–H groups in total. The molecule has 0 spiro atoms. The smallest absolute Gasteiger partial charge is 0.262 e. The Hall–Kier alpha value is -4.58. The average molecular weight is 467 g/mol. The lowest BCUT2D eigenvalue weighted by molar-refractivity contribution is -0.118. The summed E-state index contributed by atoms with van der Waals surface area (Å²) in [4.78, 5) is 16.6. The second-order valence-electron chi connectivity index (χ2n) is 7.66. The Kier molecular flexibility index (Phi) is 8.11. The molecule has 0 unspecified atom stereocenters. The number of amides is 1. The second-order valence-corrected chi connectivity index (χ2v) is 7.66. The fourth-order valence-corrected chi connectivity index (χ4v) is 3.19. The van der Waals surface area contributed by atoms with E-state index in [0.29, 0.717) is 18.0 Å². The van der Waals surface area contributed by atoms with Gasteiger partial charge in [0.15, 0.2) is 6.61 Å². The molecule has 6 nitrogen and oxygen atoms in total. The van der Waals surface area contributed by atoms with Crippen LogP contribution in [0.2, 0.25) is 0 Å². The van der Waals surface area contributed by atoms with E-state index < -0.39 is 0 Å². The molecule has 4 rings (SSSR count). The van der Waals surface area contributed by atoms with Gasteiger partial charge in [-0.25, -0.2) is 0 Å². The molecule has 0 radical (unpaired) electrons. The molecule has 0 aliphatic heterocycles. The van der Waals surface area contributed by atoms with Gasteiger partial charge in [0, 0.05) is 11.9 Å². The van der Waals surface area contributed by atoms with Crippen molar-refractivity contribution in [2.75, 3.05) is 19.0 Å². The Morgan fingerprint density at radius 3 is 2.09 bits per heavy atom. The molecule has 0 saturated heterocycles. The molecular formula is C29H26N2O4. The van der Waals surface area contributed by atoms with Crippen LogP contribution < -0.4 is 19.5 Å². The first-order valence-electron chi connectivity index (χ1n) is 11.2. The summed E-state index contributed by atoms with van der Waals surface area (Å²) in [5.74, 6) is 1.89. The minimum atomic E-state index is -0.239. The predicted molar refractivity (Wildman–Crippen MR) is 138 cm³/mol. The first kappa shape index (κ1) is 23.6. The molecule has 0 fully saturated rings. The Morgan fingerprint density at radius 1 is 0.771 bits per heavy atom. The number of hydrogen-bond acceptors (Lipinski definition) is 5. The van der Waals surface area contributed by atoms with Gasteiger partial charge < -0.3 is 19.5 Å². The second kappa shape index (κ2) is 12.0. The van der Waals surface area contributed by atoms with E-state index in [4.69, 9.17) is 14.2 Å². The van der Waals surface area contributed by atoms with E-state index in [1.807, 2.05) is 78.9 Å². The summed E-state index contributed by atoms with van der Waals surface area (Å²) in [6, 6.07) is 32.2. The Morgan fingerprint density at radius 2 is 1.40 bits per heavy atom. The largest absolute Gasteiger partial charge is 0.497 e. The fraction of sp³-hybridized carbons (Fsp3) is 0.103. The SMILES string of the molecule is COc1ccc(NC(=O)COc2ccc(C=Nc3ccc(OCc4ccccc4)cc3)cc2)cc1. The van der Waals surface area contributed by atoms with Crippen LogP contribution in [0.15, 0.2) is 108 Å². The lowest BCUT2D eigenvalue weighted by atomic mass is 10.2. The van der Waals surface area contributed by atoms with Crippen LogP contribution in [0.1, 0.15) is 11.1 Å². The first-order chi connectivity index (χ1) is 17.2. The molecular weight excluding hydrogens is 440 g/mol. The van der Waals surface area contributed by atoms with E-state index in [0.717, 1.165) is 28.3 Å². The highest BCUT2D eigenvalue weighted by Gasteiger charge is 2.04. The van der Waals surface area contributed by atoms with Crippen LogP contribution in [-0.4, -0.2) is 25.8 Å². The number of benzene rings is 4. The van der Waals surface area contributed by atoms with Gasteiger partial charge in [0.05, 0.1) is 12.8 Å². The lowest BCUT2D eigenvalue weighted by Gasteiger charge is -2.08. The van der Waals surface area contributed by atoms with Crippen LogP contribution in [0.3, 0.4) is 0 Å². The third-order valence-corrected chi connectivity index (χ3v) is 5.07. The molecule has 1 amide bonds. The van der Waals surface area contributed by atoms with Crippen LogP contribution in [-0.2, 0) is 11.4 Å². The molecule has 0 aliphatic rings. The number of methoxy groups -OCH3 is 1. The highest BCUT2D eigenvalue weighted by molar-refractivity contribution is 5.92. The molecule has 4 aromatic rings. The topological polar surface area (TPSA) is 69.2 Å². The van der Waals surface area contributed by atoms with Gasteiger partial charge in [0.25, 0.3) is 5.91 Å². The van der Waals surface area contributed by atoms with Crippen molar-refractivity contribution < 1.29 is 19.0 Å². The van der Waals surface area contributed by atoms with Gasteiger partial charge in [-0.2, -0.15) is 0 Å². The summed E-state index contributed by atoms with van der Waals surface area (Å²) in [5.41, 5.74) is 3.55. The van der Waals surface area contributed by atoms with E-state index in [9.17, 15) is 4.79 Å². The van der Waals surface area contributed by atoms with E-state index >= 15 is 0 Å². The van der Waals surface area contributed by atoms with Crippen molar-refractivity contribution in [2.45, 2.75) is 6.61 Å². The maximum absolute atomic E-state index is 12.1. The van der Waals surface area contributed by atoms with Crippen molar-refractivity contribution in [3.05, 3.63) is 114 Å². The van der Waals surface area contributed by atoms with Crippen LogP contribution in [0.4, 0.5) is 11.4 Å². The number of carbonyl (C=O) groups is 1. The minimum Gasteiger partial charge on any atom is -0.497 e. The summed E-state index contributed by atoms with van der Waals surface area (Å²) in [7, 11) is 1.60. The van der Waals surface area contributed by atoms with Gasteiger partial charge in [-0.15, -0.1) is 0 Å². The molecule has 0 aliphatic carbocycles. The van der Waals surface area contributed by atoms with Crippen molar-refractivity contribution in [2.24, 2.45) is 4.99 Å². The molecule has 0 atom stereocenters. The van der Waals surface area contributed by atoms with Crippen molar-refractivity contribution in [1.29, 1.82) is 0 Å². The summed E-state index contributed by atoms with van der Waals surface area (Å²) in [6.07, 6.45) is 1.78. The number of carbonyl (C=O) groups excluding carboxylic acids is 1. The quantitative estimate of drug-likeness (QED) is 0.289. The summed E-state index contributed by atoms with van der Waals surface area (Å²) >= 11 is 0. The number of hydrogen-bond donors (Lipinski definition) is 1. The highest BCUT2D eigenvalue weighted by atomic mass is 16.5. The van der Waals surface area contributed by atoms with Crippen LogP contribution >= 0.6 is 0 Å². The van der Waals surface area contributed by atoms with Crippen LogP contribution in [0, 0.1) is 0 Å². The molecule has 0 heterocycles. The van der Waals surface area contributed by atoms with Crippen molar-refractivity contribution >= 4 is 23.5 Å². The number of aliphatic imine (C=N–C) groups is 1. The monoisotopic (exact) mass is 466 g/mol. The van der Waals surface area contributed by atoms with E-state index in [2.05, 4.69) is 10.3 Å². The normalized spacial score (nSPS) is 10.7. The molecule has 176 valence electrons. The summed E-state index contributed by atoms with van der Waals surface area (Å²) in [6.45, 7) is 0.444. The van der Waals surface area contributed by atoms with Gasteiger partial charge >= 0.3 is 0 Å². The fourth-order valence-electron chi connectivity index (χ4n) is 3.19. The number of anilines is 1. The minimum absolute atomic E-state index is 0.0852. The lowest BCUT2D eigenvalue weighted by Crippen LogP contribution is -2.20. The molecule has 6 heteroatoms. The maximum atomic E-state index is 12.1. The number of ether oxygens (including phenoxy) is 3. The van der Waals surface area contributed by atoms with Crippen molar-refractivity contribution in [1.82, 2.24) is 0 Å². The molecule has 0 bridgehead atoms. The zero-order chi connectivity index (χ0) is 24.3. The van der Waals surface area contributed by atoms with Crippen LogP contribution in [0.5, 0.6) is 17.2 Å². The average Bonchev–Trinajstić information content (AvgIpc) is 2.92. The van der Waals surface area contributed by atoms with Crippen molar-refractivity contribution in [3.8, 4) is 17.2 Å². The van der Waals surface area contributed by atoms with Gasteiger partial charge in [-0.05, 0) is 83.9 Å². The zero-order valence-corrected chi connectivity index (χ0v) is 19.4. The van der Waals surface area contributed by atoms with E-state index in [1.54, 1.807) is 37.6 Å². The predicted octanol–water partition coefficient (Wildman–Crippen LogP) is 6.04. The standard InChI is InChI=1S/C29H26N2O4/c1-33-26-15-11-25(12-16-26)31-29(32)21-35-27-13-7-22(8-14-27)19-30-24-9-17-28(18-10-24)34-20-23-5-3-2-4-6-23/h2-19H,20-21H2,1H3,(H,31,32). The molecule has 35 heavy (non-hydrogen) atoms. The third kappa shape index (κ3) is 7.47. The first-order valence-corrected chi connectivity index (χ1v) is 11.2. The molecule has 0 aromatic heterocycles. The Balaban J connectivity index is 1.23. The molecule has 0 saturated carbocycles. The zero-order valence-electron chi connectivity index (χ0n) is 19.4. The van der Waals surface area contributed by atoms with Crippen LogP contribution in [0.25, 0.3) is 0 Å². The van der Waals surface area contributed by atoms with Gasteiger partial charge in [-0.1, -0.05) is 30.3 Å². The molecule has 4 aromatic carbocycles. The van der Waals surface area contributed by atoms with Crippen molar-refractivity contribution in [3.63, 3.8) is 0 Å². The van der Waals surface area contributed by atoms with E-state index in [1.165, 1.54) is 0 Å².